The molecule has 1 saturated heterocycles. The largest absolute Gasteiger partial charge is 0.325 e. The lowest BCUT2D eigenvalue weighted by Gasteiger charge is -2.25. The Balaban J connectivity index is 1.55. The molecule has 1 amide bonds. The summed E-state index contributed by atoms with van der Waals surface area (Å²) in [7, 11) is -1.56. The summed E-state index contributed by atoms with van der Waals surface area (Å²) in [6.07, 6.45) is 2.89. The lowest BCUT2D eigenvalue weighted by atomic mass is 10.2. The Morgan fingerprint density at radius 3 is 2.29 bits per heavy atom. The monoisotopic (exact) mass is 401 g/mol. The molecular formula is C21H27N3O3S. The molecule has 2 aromatic rings. The molecule has 0 atom stereocenters. The molecule has 1 N–H and O–H groups in total. The molecule has 7 heteroatoms. The number of nitrogens with zero attached hydrogens (tertiary/aromatic N) is 2. The third-order valence-electron chi connectivity index (χ3n) is 4.80. The summed E-state index contributed by atoms with van der Waals surface area (Å²) in [6.45, 7) is 2.09. The average Bonchev–Trinajstić information content (AvgIpc) is 2.69. The van der Waals surface area contributed by atoms with Gasteiger partial charge >= 0.3 is 0 Å². The van der Waals surface area contributed by atoms with E-state index in [1.165, 1.54) is 0 Å². The molecule has 1 fully saturated rings. The standard InChI is InChI=1S/C21H27N3O3S/c1-23(16-18-8-4-2-5-9-18)17-21(25)22-19-10-12-20(13-11-19)28(26,27)24-14-6-3-7-15-24/h2,4-5,8-13H,3,6-7,14-17H2,1H3,(H,22,25). The van der Waals surface area contributed by atoms with Crippen LogP contribution in [0.2, 0.25) is 0 Å². The second-order valence-electron chi connectivity index (χ2n) is 7.20. The number of nitrogens with one attached hydrogen (secondary N) is 1. The Morgan fingerprint density at radius 1 is 1.00 bits per heavy atom. The van der Waals surface area contributed by atoms with E-state index in [0.717, 1.165) is 24.8 Å². The molecule has 150 valence electrons. The molecule has 1 aliphatic rings. The van der Waals surface area contributed by atoms with Gasteiger partial charge in [0.2, 0.25) is 15.9 Å². The van der Waals surface area contributed by atoms with Crippen LogP contribution in [0, 0.1) is 0 Å². The summed E-state index contributed by atoms with van der Waals surface area (Å²) in [5.41, 5.74) is 1.74. The van der Waals surface area contributed by atoms with Crippen molar-refractivity contribution in [3.8, 4) is 0 Å². The number of hydrogen-bond acceptors (Lipinski definition) is 4. The Kier molecular flexibility index (Phi) is 6.83. The van der Waals surface area contributed by atoms with Gasteiger partial charge in [-0.05, 0) is 49.7 Å². The number of amides is 1. The molecule has 2 aromatic carbocycles. The molecule has 0 aromatic heterocycles. The highest BCUT2D eigenvalue weighted by atomic mass is 32.2. The molecule has 3 rings (SSSR count). The second kappa shape index (κ2) is 9.32. The van der Waals surface area contributed by atoms with Crippen molar-refractivity contribution in [2.45, 2.75) is 30.7 Å². The summed E-state index contributed by atoms with van der Waals surface area (Å²) in [5.74, 6) is -0.134. The minimum atomic E-state index is -3.45. The topological polar surface area (TPSA) is 69.7 Å². The number of hydrogen-bond donors (Lipinski definition) is 1. The zero-order valence-electron chi connectivity index (χ0n) is 16.2. The van der Waals surface area contributed by atoms with Crippen LogP contribution in [0.3, 0.4) is 0 Å². The van der Waals surface area contributed by atoms with Crippen LogP contribution >= 0.6 is 0 Å². The molecular weight excluding hydrogens is 374 g/mol. The zero-order chi connectivity index (χ0) is 20.0. The van der Waals surface area contributed by atoms with Gasteiger partial charge in [0, 0.05) is 25.3 Å². The Morgan fingerprint density at radius 2 is 1.64 bits per heavy atom. The molecule has 0 spiro atoms. The highest BCUT2D eigenvalue weighted by Gasteiger charge is 2.25. The van der Waals surface area contributed by atoms with Gasteiger partial charge in [0.15, 0.2) is 0 Å². The normalized spacial score (nSPS) is 15.5. The maximum atomic E-state index is 12.7. The van der Waals surface area contributed by atoms with E-state index in [-0.39, 0.29) is 17.3 Å². The van der Waals surface area contributed by atoms with Crippen molar-refractivity contribution in [1.29, 1.82) is 0 Å². The fourth-order valence-electron chi connectivity index (χ4n) is 3.36. The van der Waals surface area contributed by atoms with Crippen LogP contribution in [0.4, 0.5) is 5.69 Å². The quantitative estimate of drug-likeness (QED) is 0.774. The predicted molar refractivity (Wildman–Crippen MR) is 110 cm³/mol. The first-order valence-electron chi connectivity index (χ1n) is 9.58. The van der Waals surface area contributed by atoms with Gasteiger partial charge in [0.25, 0.3) is 0 Å². The van der Waals surface area contributed by atoms with Crippen LogP contribution in [-0.4, -0.2) is 50.2 Å². The number of rotatable bonds is 7. The minimum absolute atomic E-state index is 0.134. The highest BCUT2D eigenvalue weighted by Crippen LogP contribution is 2.22. The SMILES string of the molecule is CN(CC(=O)Nc1ccc(S(=O)(=O)N2CCCCC2)cc1)Cc1ccccc1. The lowest BCUT2D eigenvalue weighted by molar-refractivity contribution is -0.117. The van der Waals surface area contributed by atoms with E-state index in [0.29, 0.717) is 25.3 Å². The van der Waals surface area contributed by atoms with Gasteiger partial charge in [-0.15, -0.1) is 0 Å². The molecule has 28 heavy (non-hydrogen) atoms. The van der Waals surface area contributed by atoms with E-state index in [1.807, 2.05) is 42.3 Å². The van der Waals surface area contributed by atoms with Crippen molar-refractivity contribution in [3.05, 3.63) is 60.2 Å². The van der Waals surface area contributed by atoms with Gasteiger partial charge in [-0.1, -0.05) is 36.8 Å². The first-order chi connectivity index (χ1) is 13.4. The van der Waals surface area contributed by atoms with Gasteiger partial charge < -0.3 is 5.32 Å². The number of carbonyl (C=O) groups excluding carboxylic acids is 1. The Labute approximate surface area is 167 Å². The zero-order valence-corrected chi connectivity index (χ0v) is 17.0. The van der Waals surface area contributed by atoms with Crippen molar-refractivity contribution in [3.63, 3.8) is 0 Å². The molecule has 1 heterocycles. The fraction of sp³-hybridized carbons (Fsp3) is 0.381. The van der Waals surface area contributed by atoms with E-state index >= 15 is 0 Å². The van der Waals surface area contributed by atoms with E-state index < -0.39 is 10.0 Å². The van der Waals surface area contributed by atoms with Gasteiger partial charge in [-0.25, -0.2) is 8.42 Å². The van der Waals surface area contributed by atoms with Crippen molar-refractivity contribution in [2.75, 3.05) is 32.0 Å². The first kappa shape index (κ1) is 20.5. The lowest BCUT2D eigenvalue weighted by Crippen LogP contribution is -2.35. The van der Waals surface area contributed by atoms with E-state index in [4.69, 9.17) is 0 Å². The summed E-state index contributed by atoms with van der Waals surface area (Å²) >= 11 is 0. The van der Waals surface area contributed by atoms with Crippen LogP contribution in [0.1, 0.15) is 24.8 Å². The molecule has 0 saturated carbocycles. The van der Waals surface area contributed by atoms with Crippen molar-refractivity contribution in [2.24, 2.45) is 0 Å². The molecule has 0 bridgehead atoms. The average molecular weight is 402 g/mol. The molecule has 0 aliphatic carbocycles. The number of benzene rings is 2. The third-order valence-corrected chi connectivity index (χ3v) is 6.71. The van der Waals surface area contributed by atoms with Gasteiger partial charge in [-0.2, -0.15) is 4.31 Å². The summed E-state index contributed by atoms with van der Waals surface area (Å²) < 4.78 is 26.9. The summed E-state index contributed by atoms with van der Waals surface area (Å²) in [6, 6.07) is 16.4. The van der Waals surface area contributed by atoms with Gasteiger partial charge in [0.1, 0.15) is 0 Å². The van der Waals surface area contributed by atoms with E-state index in [9.17, 15) is 13.2 Å². The molecule has 1 aliphatic heterocycles. The number of piperidine rings is 1. The maximum absolute atomic E-state index is 12.7. The number of sulfonamides is 1. The van der Waals surface area contributed by atoms with E-state index in [1.54, 1.807) is 28.6 Å². The first-order valence-corrected chi connectivity index (χ1v) is 11.0. The predicted octanol–water partition coefficient (Wildman–Crippen LogP) is 2.93. The summed E-state index contributed by atoms with van der Waals surface area (Å²) in [4.78, 5) is 14.5. The number of likely N-dealkylation sites (N-methyl/N-ethyl adjacent to an activating group) is 1. The second-order valence-corrected chi connectivity index (χ2v) is 9.13. The van der Waals surface area contributed by atoms with Crippen molar-refractivity contribution >= 4 is 21.6 Å². The molecule has 6 nitrogen and oxygen atoms in total. The van der Waals surface area contributed by atoms with Crippen molar-refractivity contribution < 1.29 is 13.2 Å². The Bertz CT molecular complexity index is 877. The van der Waals surface area contributed by atoms with Crippen LogP contribution in [0.5, 0.6) is 0 Å². The highest BCUT2D eigenvalue weighted by molar-refractivity contribution is 7.89. The Hall–Kier alpha value is -2.22. The van der Waals surface area contributed by atoms with E-state index in [2.05, 4.69) is 5.32 Å². The van der Waals surface area contributed by atoms with Crippen LogP contribution < -0.4 is 5.32 Å². The fourth-order valence-corrected chi connectivity index (χ4v) is 4.88. The van der Waals surface area contributed by atoms with Crippen LogP contribution in [0.15, 0.2) is 59.5 Å². The summed E-state index contributed by atoms with van der Waals surface area (Å²) in [5, 5.41) is 2.83. The van der Waals surface area contributed by atoms with Crippen LogP contribution in [-0.2, 0) is 21.4 Å². The van der Waals surface area contributed by atoms with Crippen LogP contribution in [0.25, 0.3) is 0 Å². The maximum Gasteiger partial charge on any atom is 0.243 e. The van der Waals surface area contributed by atoms with Gasteiger partial charge in [0.05, 0.1) is 11.4 Å². The smallest absolute Gasteiger partial charge is 0.243 e. The van der Waals surface area contributed by atoms with Crippen molar-refractivity contribution in [1.82, 2.24) is 9.21 Å². The molecule has 0 radical (unpaired) electrons. The minimum Gasteiger partial charge on any atom is -0.325 e. The third kappa shape index (κ3) is 5.41. The molecule has 0 unspecified atom stereocenters. The number of carbonyl (C=O) groups is 1. The number of anilines is 1. The van der Waals surface area contributed by atoms with Gasteiger partial charge in [-0.3, -0.25) is 9.69 Å².